The maximum atomic E-state index is 12.5. The summed E-state index contributed by atoms with van der Waals surface area (Å²) in [6.07, 6.45) is 6.38. The summed E-state index contributed by atoms with van der Waals surface area (Å²) in [5, 5.41) is 7.42. The quantitative estimate of drug-likeness (QED) is 0.537. The summed E-state index contributed by atoms with van der Waals surface area (Å²) in [6, 6.07) is 14.3. The second-order valence-electron chi connectivity index (χ2n) is 7.43. The minimum atomic E-state index is -0.0303. The summed E-state index contributed by atoms with van der Waals surface area (Å²) in [5.74, 6) is 0.726. The van der Waals surface area contributed by atoms with Crippen LogP contribution in [-0.4, -0.2) is 26.2 Å². The number of ether oxygens (including phenoxy) is 1. The van der Waals surface area contributed by atoms with Crippen LogP contribution in [0.4, 0.5) is 5.69 Å². The van der Waals surface area contributed by atoms with Gasteiger partial charge in [-0.05, 0) is 60.2 Å². The zero-order chi connectivity index (χ0) is 19.5. The Kier molecular flexibility index (Phi) is 5.69. The van der Waals surface area contributed by atoms with Crippen LogP contribution in [0.5, 0.6) is 0 Å². The van der Waals surface area contributed by atoms with Gasteiger partial charge in [-0.3, -0.25) is 4.79 Å². The van der Waals surface area contributed by atoms with E-state index in [1.807, 2.05) is 30.3 Å². The number of carbonyl (C=O) groups excluding carboxylic acids is 1. The molecule has 0 bridgehead atoms. The lowest BCUT2D eigenvalue weighted by molar-refractivity contribution is 0.0948. The van der Waals surface area contributed by atoms with Gasteiger partial charge in [0.05, 0.1) is 6.04 Å². The van der Waals surface area contributed by atoms with E-state index >= 15 is 0 Å². The maximum Gasteiger partial charge on any atom is 0.251 e. The molecule has 0 fully saturated rings. The third-order valence-electron chi connectivity index (χ3n) is 5.66. The number of hydrogen-bond donors (Lipinski definition) is 2. The SMILES string of the molecule is COCCCNC(=O)c1ccc2c(c1)[C@@H]1C=CC[C@H]1[C@@H](c1ccc(Cl)cc1)N2. The number of methoxy groups -OCH3 is 1. The van der Waals surface area contributed by atoms with E-state index in [1.54, 1.807) is 7.11 Å². The van der Waals surface area contributed by atoms with E-state index in [-0.39, 0.29) is 11.9 Å². The average Bonchev–Trinajstić information content (AvgIpc) is 3.21. The molecule has 1 aliphatic carbocycles. The molecular weight excluding hydrogens is 372 g/mol. The first-order valence-corrected chi connectivity index (χ1v) is 10.1. The standard InChI is InChI=1S/C23H25ClN2O2/c1-28-13-3-12-25-23(27)16-8-11-21-20(14-16)18-4-2-5-19(18)22(26-21)15-6-9-17(24)10-7-15/h2,4,6-11,14,18-19,22,26H,3,5,12-13H2,1H3,(H,25,27)/t18-,19-,22-/m1/s1. The van der Waals surface area contributed by atoms with E-state index < -0.39 is 0 Å². The Bertz CT molecular complexity index is 879. The van der Waals surface area contributed by atoms with Gasteiger partial charge in [-0.1, -0.05) is 35.9 Å². The number of amides is 1. The molecule has 2 N–H and O–H groups in total. The molecule has 0 unspecified atom stereocenters. The topological polar surface area (TPSA) is 50.4 Å². The number of hydrogen-bond acceptors (Lipinski definition) is 3. The Labute approximate surface area is 170 Å². The molecule has 2 aromatic carbocycles. The summed E-state index contributed by atoms with van der Waals surface area (Å²) < 4.78 is 5.03. The Balaban J connectivity index is 1.56. The van der Waals surface area contributed by atoms with E-state index in [0.29, 0.717) is 30.6 Å². The van der Waals surface area contributed by atoms with Gasteiger partial charge < -0.3 is 15.4 Å². The highest BCUT2D eigenvalue weighted by molar-refractivity contribution is 6.30. The predicted molar refractivity (Wildman–Crippen MR) is 113 cm³/mol. The van der Waals surface area contributed by atoms with Crippen molar-refractivity contribution in [2.45, 2.75) is 24.8 Å². The van der Waals surface area contributed by atoms with Crippen LogP contribution in [0.25, 0.3) is 0 Å². The molecule has 2 aromatic rings. The molecule has 28 heavy (non-hydrogen) atoms. The first-order chi connectivity index (χ1) is 13.7. The highest BCUT2D eigenvalue weighted by Gasteiger charge is 2.38. The molecular formula is C23H25ClN2O2. The summed E-state index contributed by atoms with van der Waals surface area (Å²) in [4.78, 5) is 12.5. The lowest BCUT2D eigenvalue weighted by atomic mass is 9.76. The van der Waals surface area contributed by atoms with Crippen LogP contribution < -0.4 is 10.6 Å². The minimum Gasteiger partial charge on any atom is -0.385 e. The van der Waals surface area contributed by atoms with Gasteiger partial charge in [0, 0.05) is 42.5 Å². The summed E-state index contributed by atoms with van der Waals surface area (Å²) in [6.45, 7) is 1.27. The predicted octanol–water partition coefficient (Wildman–Crippen LogP) is 4.93. The Morgan fingerprint density at radius 3 is 2.86 bits per heavy atom. The highest BCUT2D eigenvalue weighted by Crippen LogP contribution is 2.49. The van der Waals surface area contributed by atoms with Gasteiger partial charge in [-0.2, -0.15) is 0 Å². The summed E-state index contributed by atoms with van der Waals surface area (Å²) in [7, 11) is 1.67. The van der Waals surface area contributed by atoms with Crippen molar-refractivity contribution in [2.75, 3.05) is 25.6 Å². The molecule has 1 heterocycles. The first-order valence-electron chi connectivity index (χ1n) is 9.77. The molecule has 0 aromatic heterocycles. The fourth-order valence-corrected chi connectivity index (χ4v) is 4.38. The lowest BCUT2D eigenvalue weighted by Crippen LogP contribution is -2.30. The third kappa shape index (κ3) is 3.80. The van der Waals surface area contributed by atoms with Gasteiger partial charge >= 0.3 is 0 Å². The number of rotatable bonds is 6. The van der Waals surface area contributed by atoms with Crippen molar-refractivity contribution < 1.29 is 9.53 Å². The Morgan fingerprint density at radius 1 is 1.25 bits per heavy atom. The maximum absolute atomic E-state index is 12.5. The van der Waals surface area contributed by atoms with Gasteiger partial charge in [-0.25, -0.2) is 0 Å². The third-order valence-corrected chi connectivity index (χ3v) is 5.92. The van der Waals surface area contributed by atoms with Crippen molar-refractivity contribution in [2.24, 2.45) is 5.92 Å². The molecule has 2 aliphatic rings. The van der Waals surface area contributed by atoms with Gasteiger partial charge in [0.25, 0.3) is 5.91 Å². The lowest BCUT2D eigenvalue weighted by Gasteiger charge is -2.37. The van der Waals surface area contributed by atoms with Crippen molar-refractivity contribution in [3.8, 4) is 0 Å². The van der Waals surface area contributed by atoms with E-state index in [9.17, 15) is 4.79 Å². The first kappa shape index (κ1) is 19.0. The minimum absolute atomic E-state index is 0.0303. The monoisotopic (exact) mass is 396 g/mol. The van der Waals surface area contributed by atoms with Gasteiger partial charge in [0.2, 0.25) is 0 Å². The van der Waals surface area contributed by atoms with Gasteiger partial charge in [-0.15, -0.1) is 0 Å². The molecule has 5 heteroatoms. The van der Waals surface area contributed by atoms with Crippen LogP contribution in [0.15, 0.2) is 54.6 Å². The van der Waals surface area contributed by atoms with E-state index in [2.05, 4.69) is 34.9 Å². The van der Waals surface area contributed by atoms with E-state index in [1.165, 1.54) is 11.1 Å². The zero-order valence-electron chi connectivity index (χ0n) is 16.0. The van der Waals surface area contributed by atoms with Gasteiger partial charge in [0.15, 0.2) is 0 Å². The molecule has 146 valence electrons. The number of nitrogens with one attached hydrogen (secondary N) is 2. The number of benzene rings is 2. The van der Waals surface area contributed by atoms with Gasteiger partial charge in [0.1, 0.15) is 0 Å². The van der Waals surface area contributed by atoms with Crippen LogP contribution in [0.2, 0.25) is 5.02 Å². The number of halogens is 1. The normalized spacial score (nSPS) is 22.3. The van der Waals surface area contributed by atoms with Crippen molar-refractivity contribution in [3.05, 3.63) is 76.3 Å². The summed E-state index contributed by atoms with van der Waals surface area (Å²) >= 11 is 6.07. The van der Waals surface area contributed by atoms with Crippen LogP contribution in [0.3, 0.4) is 0 Å². The number of fused-ring (bicyclic) bond motifs is 3. The molecule has 4 nitrogen and oxygen atoms in total. The van der Waals surface area contributed by atoms with Crippen molar-refractivity contribution >= 4 is 23.2 Å². The fourth-order valence-electron chi connectivity index (χ4n) is 4.26. The smallest absolute Gasteiger partial charge is 0.251 e. The second kappa shape index (κ2) is 8.38. The highest BCUT2D eigenvalue weighted by atomic mass is 35.5. The molecule has 3 atom stereocenters. The average molecular weight is 397 g/mol. The second-order valence-corrected chi connectivity index (χ2v) is 7.87. The number of anilines is 1. The van der Waals surface area contributed by atoms with Crippen molar-refractivity contribution in [1.29, 1.82) is 0 Å². The van der Waals surface area contributed by atoms with E-state index in [4.69, 9.17) is 16.3 Å². The zero-order valence-corrected chi connectivity index (χ0v) is 16.7. The van der Waals surface area contributed by atoms with Crippen LogP contribution >= 0.6 is 11.6 Å². The molecule has 0 saturated heterocycles. The molecule has 1 aliphatic heterocycles. The summed E-state index contributed by atoms with van der Waals surface area (Å²) in [5.41, 5.74) is 4.26. The van der Waals surface area contributed by atoms with Crippen LogP contribution in [0, 0.1) is 5.92 Å². The molecule has 0 radical (unpaired) electrons. The Hall–Kier alpha value is -2.30. The molecule has 1 amide bonds. The molecule has 0 saturated carbocycles. The number of carbonyl (C=O) groups is 1. The van der Waals surface area contributed by atoms with Crippen LogP contribution in [0.1, 0.15) is 46.3 Å². The van der Waals surface area contributed by atoms with Crippen LogP contribution in [-0.2, 0) is 4.74 Å². The van der Waals surface area contributed by atoms with Crippen molar-refractivity contribution in [3.63, 3.8) is 0 Å². The van der Waals surface area contributed by atoms with Crippen molar-refractivity contribution in [1.82, 2.24) is 5.32 Å². The molecule has 0 spiro atoms. The Morgan fingerprint density at radius 2 is 2.07 bits per heavy atom. The fraction of sp³-hybridized carbons (Fsp3) is 0.348. The number of allylic oxidation sites excluding steroid dienone is 2. The van der Waals surface area contributed by atoms with E-state index in [0.717, 1.165) is 23.6 Å². The largest absolute Gasteiger partial charge is 0.385 e. The molecule has 4 rings (SSSR count).